The molecule has 3 unspecified atom stereocenters. The zero-order valence-corrected chi connectivity index (χ0v) is 16.2. The van der Waals surface area contributed by atoms with Gasteiger partial charge in [-0.1, -0.05) is 67.6 Å². The number of ether oxygens (including phenoxy) is 1. The Morgan fingerprint density at radius 1 is 1.04 bits per heavy atom. The summed E-state index contributed by atoms with van der Waals surface area (Å²) >= 11 is 0. The third kappa shape index (κ3) is 3.36. The van der Waals surface area contributed by atoms with Crippen LogP contribution in [-0.2, 0) is 14.9 Å². The lowest BCUT2D eigenvalue weighted by Crippen LogP contribution is -2.48. The van der Waals surface area contributed by atoms with Crippen LogP contribution in [0.3, 0.4) is 0 Å². The predicted octanol–water partition coefficient (Wildman–Crippen LogP) is 4.63. The maximum absolute atomic E-state index is 14.1. The van der Waals surface area contributed by atoms with Crippen molar-refractivity contribution in [2.45, 2.75) is 37.7 Å². The average Bonchev–Trinajstić information content (AvgIpc) is 2.71. The number of carbonyl (C=O) groups excluding carboxylic acids is 1. The van der Waals surface area contributed by atoms with Gasteiger partial charge < -0.3 is 14.9 Å². The minimum Gasteiger partial charge on any atom is -0.508 e. The smallest absolute Gasteiger partial charge is 0.157 e. The Labute approximate surface area is 165 Å². The summed E-state index contributed by atoms with van der Waals surface area (Å²) in [6, 6.07) is 13.8. The maximum atomic E-state index is 14.1. The summed E-state index contributed by atoms with van der Waals surface area (Å²) in [5.41, 5.74) is -0.0880. The van der Waals surface area contributed by atoms with E-state index in [-0.39, 0.29) is 17.3 Å². The van der Waals surface area contributed by atoms with E-state index in [2.05, 4.69) is 0 Å². The molecule has 0 saturated carbocycles. The maximum Gasteiger partial charge on any atom is 0.157 e. The minimum absolute atomic E-state index is 0.0487. The van der Waals surface area contributed by atoms with E-state index in [9.17, 15) is 15.0 Å². The van der Waals surface area contributed by atoms with E-state index >= 15 is 0 Å². The molecule has 0 bridgehead atoms. The number of carbonyl (C=O) groups is 1. The summed E-state index contributed by atoms with van der Waals surface area (Å²) in [5.74, 6) is -0.511. The summed E-state index contributed by atoms with van der Waals surface area (Å²) in [5, 5.41) is 21.0. The molecule has 28 heavy (non-hydrogen) atoms. The van der Waals surface area contributed by atoms with Crippen LogP contribution in [0.2, 0.25) is 0 Å². The highest BCUT2D eigenvalue weighted by atomic mass is 16.5. The molecule has 0 aliphatic heterocycles. The van der Waals surface area contributed by atoms with Gasteiger partial charge in [0, 0.05) is 23.7 Å². The standard InChI is InChI=1S/C24H26O4/c1-3-17(18-11-5-7-13-20(18)25)23(27)24(19-12-6-8-14-21(19)26)16-10-9-15-22(24)28-4-2/h5-17,22,25-26H,3-4H2,1-2H3. The lowest BCUT2D eigenvalue weighted by atomic mass is 9.65. The van der Waals surface area contributed by atoms with Gasteiger partial charge in [-0.15, -0.1) is 0 Å². The Morgan fingerprint density at radius 3 is 2.36 bits per heavy atom. The van der Waals surface area contributed by atoms with Crippen molar-refractivity contribution in [1.82, 2.24) is 0 Å². The normalized spacial score (nSPS) is 22.1. The van der Waals surface area contributed by atoms with Crippen LogP contribution < -0.4 is 0 Å². The van der Waals surface area contributed by atoms with E-state index < -0.39 is 17.4 Å². The second-order valence-corrected chi connectivity index (χ2v) is 6.89. The van der Waals surface area contributed by atoms with Crippen LogP contribution in [-0.4, -0.2) is 28.7 Å². The van der Waals surface area contributed by atoms with Gasteiger partial charge in [-0.2, -0.15) is 0 Å². The van der Waals surface area contributed by atoms with Crippen LogP contribution >= 0.6 is 0 Å². The van der Waals surface area contributed by atoms with Crippen LogP contribution in [0.1, 0.15) is 37.3 Å². The van der Waals surface area contributed by atoms with Crippen LogP contribution in [0.25, 0.3) is 0 Å². The van der Waals surface area contributed by atoms with Crippen molar-refractivity contribution in [3.8, 4) is 11.5 Å². The number of para-hydroxylation sites is 2. The largest absolute Gasteiger partial charge is 0.508 e. The molecule has 0 amide bonds. The quantitative estimate of drug-likeness (QED) is 0.737. The molecule has 0 radical (unpaired) electrons. The highest BCUT2D eigenvalue weighted by Crippen LogP contribution is 2.45. The molecule has 0 heterocycles. The average molecular weight is 378 g/mol. The fraction of sp³-hybridized carbons (Fsp3) is 0.292. The Hall–Kier alpha value is -2.85. The lowest BCUT2D eigenvalue weighted by molar-refractivity contribution is -0.128. The number of allylic oxidation sites excluding steroid dienone is 2. The van der Waals surface area contributed by atoms with Crippen LogP contribution in [0.15, 0.2) is 72.8 Å². The molecule has 4 nitrogen and oxygen atoms in total. The monoisotopic (exact) mass is 378 g/mol. The van der Waals surface area contributed by atoms with E-state index in [0.717, 1.165) is 0 Å². The number of aromatic hydroxyl groups is 2. The number of Topliss-reactive ketones (excluding diaryl/α,β-unsaturated/α-hetero) is 1. The Bertz CT molecular complexity index is 899. The summed E-state index contributed by atoms with van der Waals surface area (Å²) in [6.45, 7) is 4.23. The van der Waals surface area contributed by atoms with Gasteiger partial charge in [0.25, 0.3) is 0 Å². The van der Waals surface area contributed by atoms with Crippen molar-refractivity contribution in [2.75, 3.05) is 6.61 Å². The van der Waals surface area contributed by atoms with E-state index in [0.29, 0.717) is 24.2 Å². The fourth-order valence-corrected chi connectivity index (χ4v) is 4.02. The second-order valence-electron chi connectivity index (χ2n) is 6.89. The minimum atomic E-state index is -1.18. The summed E-state index contributed by atoms with van der Waals surface area (Å²) < 4.78 is 5.96. The van der Waals surface area contributed by atoms with Crippen molar-refractivity contribution in [3.05, 3.63) is 84.0 Å². The molecule has 0 spiro atoms. The molecule has 0 fully saturated rings. The Morgan fingerprint density at radius 2 is 1.71 bits per heavy atom. The first kappa shape index (κ1) is 19.9. The number of phenolic OH excluding ortho intramolecular Hbond substituents is 2. The van der Waals surface area contributed by atoms with Gasteiger partial charge in [-0.05, 0) is 25.5 Å². The third-order valence-electron chi connectivity index (χ3n) is 5.35. The van der Waals surface area contributed by atoms with Crippen molar-refractivity contribution >= 4 is 5.78 Å². The van der Waals surface area contributed by atoms with Gasteiger partial charge in [0.1, 0.15) is 16.9 Å². The Balaban J connectivity index is 2.20. The van der Waals surface area contributed by atoms with Crippen LogP contribution in [0.5, 0.6) is 11.5 Å². The molecule has 146 valence electrons. The molecule has 3 atom stereocenters. The van der Waals surface area contributed by atoms with Crippen LogP contribution in [0.4, 0.5) is 0 Å². The molecule has 1 aliphatic carbocycles. The first-order valence-corrected chi connectivity index (χ1v) is 9.64. The second kappa shape index (κ2) is 8.44. The molecule has 2 aromatic carbocycles. The highest BCUT2D eigenvalue weighted by Gasteiger charge is 2.49. The molecular formula is C24H26O4. The van der Waals surface area contributed by atoms with E-state index in [4.69, 9.17) is 4.74 Å². The number of phenols is 2. The molecular weight excluding hydrogens is 352 g/mol. The van der Waals surface area contributed by atoms with Crippen LogP contribution in [0, 0.1) is 0 Å². The molecule has 3 rings (SSSR count). The van der Waals surface area contributed by atoms with Gasteiger partial charge >= 0.3 is 0 Å². The number of hydrogen-bond acceptors (Lipinski definition) is 4. The van der Waals surface area contributed by atoms with Crippen molar-refractivity contribution in [1.29, 1.82) is 0 Å². The van der Waals surface area contributed by atoms with Crippen molar-refractivity contribution in [3.63, 3.8) is 0 Å². The van der Waals surface area contributed by atoms with E-state index in [1.807, 2.05) is 44.2 Å². The van der Waals surface area contributed by atoms with E-state index in [1.165, 1.54) is 0 Å². The van der Waals surface area contributed by atoms with Gasteiger partial charge in [-0.25, -0.2) is 0 Å². The number of rotatable bonds is 7. The molecule has 1 aliphatic rings. The summed E-state index contributed by atoms with van der Waals surface area (Å²) in [6.07, 6.45) is 7.30. The van der Waals surface area contributed by atoms with E-state index in [1.54, 1.807) is 42.5 Å². The SMILES string of the molecule is CCOC1C=CC=CC1(C(=O)C(CC)c1ccccc1O)c1ccccc1O. The first-order chi connectivity index (χ1) is 13.6. The molecule has 0 aromatic heterocycles. The summed E-state index contributed by atoms with van der Waals surface area (Å²) in [7, 11) is 0. The fourth-order valence-electron chi connectivity index (χ4n) is 4.02. The van der Waals surface area contributed by atoms with Crippen molar-refractivity contribution in [2.24, 2.45) is 0 Å². The molecule has 4 heteroatoms. The Kier molecular flexibility index (Phi) is 6.00. The van der Waals surface area contributed by atoms with Gasteiger partial charge in [0.15, 0.2) is 5.78 Å². The summed E-state index contributed by atoms with van der Waals surface area (Å²) in [4.78, 5) is 14.1. The topological polar surface area (TPSA) is 66.8 Å². The number of hydrogen-bond donors (Lipinski definition) is 2. The highest BCUT2D eigenvalue weighted by molar-refractivity contribution is 5.99. The molecule has 2 aromatic rings. The zero-order chi connectivity index (χ0) is 20.1. The number of ketones is 1. The van der Waals surface area contributed by atoms with Crippen molar-refractivity contribution < 1.29 is 19.7 Å². The van der Waals surface area contributed by atoms with Gasteiger partial charge in [0.2, 0.25) is 0 Å². The number of benzene rings is 2. The first-order valence-electron chi connectivity index (χ1n) is 9.64. The molecule has 2 N–H and O–H groups in total. The third-order valence-corrected chi connectivity index (χ3v) is 5.35. The molecule has 0 saturated heterocycles. The lowest BCUT2D eigenvalue weighted by Gasteiger charge is -2.40. The predicted molar refractivity (Wildman–Crippen MR) is 110 cm³/mol. The van der Waals surface area contributed by atoms with Gasteiger partial charge in [-0.3, -0.25) is 4.79 Å². The van der Waals surface area contributed by atoms with Gasteiger partial charge in [0.05, 0.1) is 6.10 Å². The zero-order valence-electron chi connectivity index (χ0n) is 16.2.